The molecule has 0 spiro atoms. The molecule has 0 fully saturated rings. The fraction of sp³-hybridized carbons (Fsp3) is 0.240. The van der Waals surface area contributed by atoms with Crippen LogP contribution in [-0.2, 0) is 38.7 Å². The number of carbonyl (C=O) groups is 1. The maximum absolute atomic E-state index is 12.3. The highest BCUT2D eigenvalue weighted by Crippen LogP contribution is 2.16. The Morgan fingerprint density at radius 1 is 0.818 bits per heavy atom. The predicted molar refractivity (Wildman–Crippen MR) is 125 cm³/mol. The molecule has 0 aliphatic carbocycles. The minimum absolute atomic E-state index is 0.111. The van der Waals surface area contributed by atoms with Gasteiger partial charge in [0.15, 0.2) is 0 Å². The lowest BCUT2D eigenvalue weighted by Crippen LogP contribution is -2.40. The summed E-state index contributed by atoms with van der Waals surface area (Å²) in [6.07, 6.45) is 0.676. The van der Waals surface area contributed by atoms with Crippen molar-refractivity contribution in [2.24, 2.45) is 0 Å². The molecule has 0 heterocycles. The van der Waals surface area contributed by atoms with Gasteiger partial charge < -0.3 is 14.8 Å². The molecule has 0 bridgehead atoms. The first-order valence-corrected chi connectivity index (χ1v) is 12.3. The van der Waals surface area contributed by atoms with Crippen molar-refractivity contribution >= 4 is 16.2 Å². The molecule has 174 valence electrons. The number of nitrogens with one attached hydrogen (secondary N) is 1. The molecule has 7 nitrogen and oxygen atoms in total. The van der Waals surface area contributed by atoms with Crippen LogP contribution in [0.4, 0.5) is 4.79 Å². The van der Waals surface area contributed by atoms with Gasteiger partial charge in [0.05, 0.1) is 18.9 Å². The number of hydrogen-bond donors (Lipinski definition) is 1. The zero-order valence-corrected chi connectivity index (χ0v) is 19.2. The Morgan fingerprint density at radius 3 is 1.97 bits per heavy atom. The molecule has 0 radical (unpaired) electrons. The molecule has 0 aromatic heterocycles. The molecule has 1 N–H and O–H groups in total. The predicted octanol–water partition coefficient (Wildman–Crippen LogP) is 4.08. The number of ether oxygens (including phenoxy) is 2. The van der Waals surface area contributed by atoms with E-state index in [4.69, 9.17) is 13.7 Å². The standard InChI is InChI=1S/C25H27NO6S/c1-33(28,29)32-19-23(26-25(27)31-18-22-10-6-3-7-11-22)16-20-12-14-24(15-13-20)30-17-21-8-4-2-5-9-21/h2-15,23H,16-19H2,1H3,(H,26,27)/t23-/m0/s1. The van der Waals surface area contributed by atoms with Crippen LogP contribution in [0.25, 0.3) is 0 Å². The quantitative estimate of drug-likeness (QED) is 0.426. The minimum Gasteiger partial charge on any atom is -0.489 e. The Hall–Kier alpha value is -3.36. The average molecular weight is 470 g/mol. The van der Waals surface area contributed by atoms with Gasteiger partial charge in [-0.3, -0.25) is 4.18 Å². The molecule has 0 aliphatic rings. The minimum atomic E-state index is -3.66. The van der Waals surface area contributed by atoms with Crippen LogP contribution in [0.15, 0.2) is 84.9 Å². The van der Waals surface area contributed by atoms with Gasteiger partial charge in [-0.05, 0) is 35.2 Å². The van der Waals surface area contributed by atoms with E-state index in [9.17, 15) is 13.2 Å². The zero-order chi connectivity index (χ0) is 23.5. The third kappa shape index (κ3) is 9.34. The molecule has 0 aliphatic heterocycles. The molecular weight excluding hydrogens is 442 g/mol. The normalized spacial score (nSPS) is 12.0. The maximum Gasteiger partial charge on any atom is 0.407 e. The van der Waals surface area contributed by atoms with Crippen LogP contribution in [0.3, 0.4) is 0 Å². The van der Waals surface area contributed by atoms with Crippen LogP contribution in [0.1, 0.15) is 16.7 Å². The van der Waals surface area contributed by atoms with Gasteiger partial charge in [-0.2, -0.15) is 8.42 Å². The first kappa shape index (κ1) is 24.3. The summed E-state index contributed by atoms with van der Waals surface area (Å²) < 4.78 is 38.8. The fourth-order valence-electron chi connectivity index (χ4n) is 3.04. The van der Waals surface area contributed by atoms with Gasteiger partial charge in [0.1, 0.15) is 19.0 Å². The first-order valence-electron chi connectivity index (χ1n) is 10.4. The van der Waals surface area contributed by atoms with Crippen LogP contribution in [-0.4, -0.2) is 33.4 Å². The van der Waals surface area contributed by atoms with E-state index >= 15 is 0 Å². The van der Waals surface area contributed by atoms with Gasteiger partial charge in [-0.1, -0.05) is 72.8 Å². The third-order valence-corrected chi connectivity index (χ3v) is 5.24. The topological polar surface area (TPSA) is 90.9 Å². The molecule has 3 aromatic carbocycles. The van der Waals surface area contributed by atoms with Gasteiger partial charge >= 0.3 is 6.09 Å². The number of amides is 1. The van der Waals surface area contributed by atoms with Gasteiger partial charge in [-0.25, -0.2) is 4.79 Å². The van der Waals surface area contributed by atoms with E-state index in [1.165, 1.54) is 0 Å². The highest BCUT2D eigenvalue weighted by Gasteiger charge is 2.17. The van der Waals surface area contributed by atoms with E-state index in [0.717, 1.165) is 22.9 Å². The average Bonchev–Trinajstić information content (AvgIpc) is 2.82. The van der Waals surface area contributed by atoms with Crippen molar-refractivity contribution in [1.82, 2.24) is 5.32 Å². The third-order valence-electron chi connectivity index (χ3n) is 4.67. The second-order valence-electron chi connectivity index (χ2n) is 7.51. The molecule has 1 atom stereocenters. The van der Waals surface area contributed by atoms with E-state index in [1.54, 1.807) is 0 Å². The maximum atomic E-state index is 12.3. The lowest BCUT2D eigenvalue weighted by Gasteiger charge is -2.18. The monoisotopic (exact) mass is 469 g/mol. The summed E-state index contributed by atoms with van der Waals surface area (Å²) in [5, 5.41) is 2.69. The molecule has 33 heavy (non-hydrogen) atoms. The molecule has 1 amide bonds. The molecule has 3 rings (SSSR count). The summed E-state index contributed by atoms with van der Waals surface area (Å²) >= 11 is 0. The van der Waals surface area contributed by atoms with Crippen molar-refractivity contribution in [1.29, 1.82) is 0 Å². The lowest BCUT2D eigenvalue weighted by molar-refractivity contribution is 0.131. The summed E-state index contributed by atoms with van der Waals surface area (Å²) in [4.78, 5) is 12.3. The van der Waals surface area contributed by atoms with Crippen LogP contribution in [0, 0.1) is 0 Å². The lowest BCUT2D eigenvalue weighted by atomic mass is 10.1. The number of benzene rings is 3. The summed E-state index contributed by atoms with van der Waals surface area (Å²) in [7, 11) is -3.66. The van der Waals surface area contributed by atoms with Gasteiger partial charge in [0, 0.05) is 0 Å². The second kappa shape index (κ2) is 12.0. The second-order valence-corrected chi connectivity index (χ2v) is 9.16. The molecule has 0 saturated heterocycles. The van der Waals surface area contributed by atoms with E-state index < -0.39 is 22.3 Å². The van der Waals surface area contributed by atoms with Crippen LogP contribution < -0.4 is 10.1 Å². The summed E-state index contributed by atoms with van der Waals surface area (Å²) in [6.45, 7) is 0.366. The highest BCUT2D eigenvalue weighted by molar-refractivity contribution is 7.85. The molecule has 8 heteroatoms. The number of carbonyl (C=O) groups excluding carboxylic acids is 1. The first-order chi connectivity index (χ1) is 15.9. The Labute approximate surface area is 194 Å². The van der Waals surface area contributed by atoms with Crippen molar-refractivity contribution in [3.63, 3.8) is 0 Å². The van der Waals surface area contributed by atoms with E-state index in [-0.39, 0.29) is 13.2 Å². The SMILES string of the molecule is CS(=O)(=O)OC[C@H](Cc1ccc(OCc2ccccc2)cc1)NC(=O)OCc1ccccc1. The van der Waals surface area contributed by atoms with Crippen LogP contribution in [0.2, 0.25) is 0 Å². The Bertz CT molecular complexity index is 1100. The van der Waals surface area contributed by atoms with Crippen molar-refractivity contribution in [2.45, 2.75) is 25.7 Å². The van der Waals surface area contributed by atoms with E-state index in [0.29, 0.717) is 18.8 Å². The molecular formula is C25H27NO6S. The zero-order valence-electron chi connectivity index (χ0n) is 18.3. The molecule has 0 saturated carbocycles. The smallest absolute Gasteiger partial charge is 0.407 e. The van der Waals surface area contributed by atoms with Crippen molar-refractivity contribution < 1.29 is 26.9 Å². The van der Waals surface area contributed by atoms with Crippen molar-refractivity contribution in [3.8, 4) is 5.75 Å². The Balaban J connectivity index is 1.56. The van der Waals surface area contributed by atoms with E-state index in [1.807, 2.05) is 84.9 Å². The van der Waals surface area contributed by atoms with Gasteiger partial charge in [-0.15, -0.1) is 0 Å². The highest BCUT2D eigenvalue weighted by atomic mass is 32.2. The van der Waals surface area contributed by atoms with Crippen molar-refractivity contribution in [2.75, 3.05) is 12.9 Å². The number of alkyl carbamates (subject to hydrolysis) is 1. The Kier molecular flexibility index (Phi) is 8.86. The van der Waals surface area contributed by atoms with E-state index in [2.05, 4.69) is 5.32 Å². The Morgan fingerprint density at radius 2 is 1.39 bits per heavy atom. The number of hydrogen-bond acceptors (Lipinski definition) is 6. The van der Waals surface area contributed by atoms with Gasteiger partial charge in [0.2, 0.25) is 0 Å². The summed E-state index contributed by atoms with van der Waals surface area (Å²) in [5.74, 6) is 0.710. The largest absolute Gasteiger partial charge is 0.489 e. The van der Waals surface area contributed by atoms with Crippen LogP contribution >= 0.6 is 0 Å². The van der Waals surface area contributed by atoms with Crippen LogP contribution in [0.5, 0.6) is 5.75 Å². The molecule has 0 unspecified atom stereocenters. The van der Waals surface area contributed by atoms with Crippen molar-refractivity contribution in [3.05, 3.63) is 102 Å². The van der Waals surface area contributed by atoms with Gasteiger partial charge in [0.25, 0.3) is 10.1 Å². The fourth-order valence-corrected chi connectivity index (χ4v) is 3.45. The number of rotatable bonds is 11. The summed E-state index contributed by atoms with van der Waals surface area (Å²) in [6, 6.07) is 25.9. The molecule has 3 aromatic rings. The summed E-state index contributed by atoms with van der Waals surface area (Å²) in [5.41, 5.74) is 2.80.